The lowest BCUT2D eigenvalue weighted by atomic mass is 9.97. The number of nitrogens with one attached hydrogen (secondary N) is 1. The molecule has 1 aliphatic rings. The molecule has 4 nitrogen and oxygen atoms in total. The number of piperidine rings is 1. The second kappa shape index (κ2) is 8.08. The molecule has 1 saturated heterocycles. The van der Waals surface area contributed by atoms with Crippen molar-refractivity contribution >= 4 is 5.91 Å². The summed E-state index contributed by atoms with van der Waals surface area (Å²) in [6, 6.07) is 6.25. The van der Waals surface area contributed by atoms with Gasteiger partial charge in [-0.05, 0) is 50.0 Å². The maximum absolute atomic E-state index is 12.3. The number of ether oxygens (including phenoxy) is 1. The Labute approximate surface area is 129 Å². The molecule has 6 heteroatoms. The third-order valence-corrected chi connectivity index (χ3v) is 3.87. The van der Waals surface area contributed by atoms with Crippen LogP contribution in [0.25, 0.3) is 0 Å². The second-order valence-electron chi connectivity index (χ2n) is 5.60. The van der Waals surface area contributed by atoms with Gasteiger partial charge in [0.2, 0.25) is 5.91 Å². The molecule has 22 heavy (non-hydrogen) atoms. The van der Waals surface area contributed by atoms with Gasteiger partial charge in [-0.3, -0.25) is 4.79 Å². The summed E-state index contributed by atoms with van der Waals surface area (Å²) in [5.41, 5.74) is 0.808. The van der Waals surface area contributed by atoms with Crippen LogP contribution in [0.5, 0.6) is 5.75 Å². The van der Waals surface area contributed by atoms with Gasteiger partial charge in [-0.1, -0.05) is 12.1 Å². The molecule has 1 aliphatic heterocycles. The van der Waals surface area contributed by atoms with E-state index in [1.54, 1.807) is 12.1 Å². The largest absolute Gasteiger partial charge is 0.435 e. The number of nitrogens with zero attached hydrogens (tertiary/aromatic N) is 1. The molecule has 1 N–H and O–H groups in total. The third kappa shape index (κ3) is 4.94. The molecule has 1 unspecified atom stereocenters. The van der Waals surface area contributed by atoms with Gasteiger partial charge in [-0.2, -0.15) is 8.78 Å². The van der Waals surface area contributed by atoms with Crippen molar-refractivity contribution in [3.8, 4) is 5.75 Å². The Balaban J connectivity index is 1.88. The smallest absolute Gasteiger partial charge is 0.387 e. The van der Waals surface area contributed by atoms with Crippen molar-refractivity contribution in [2.75, 3.05) is 26.7 Å². The standard InChI is InChI=1S/C16H22F2N2O2/c1-19-10-13-3-2-8-20(11-13)15(21)9-12-4-6-14(7-5-12)22-16(17)18/h4-7,13,16,19H,2-3,8-11H2,1H3. The SMILES string of the molecule is CNCC1CCCN(C(=O)Cc2ccc(OC(F)F)cc2)C1. The fourth-order valence-electron chi connectivity index (χ4n) is 2.82. The van der Waals surface area contributed by atoms with Crippen LogP contribution in [0.3, 0.4) is 0 Å². The highest BCUT2D eigenvalue weighted by molar-refractivity contribution is 5.78. The molecule has 122 valence electrons. The Morgan fingerprint density at radius 1 is 1.41 bits per heavy atom. The average molecular weight is 312 g/mol. The topological polar surface area (TPSA) is 41.6 Å². The molecule has 1 fully saturated rings. The summed E-state index contributed by atoms with van der Waals surface area (Å²) in [5.74, 6) is 0.700. The lowest BCUT2D eigenvalue weighted by Gasteiger charge is -2.32. The van der Waals surface area contributed by atoms with Crippen LogP contribution in [-0.2, 0) is 11.2 Å². The Bertz CT molecular complexity index is 478. The molecule has 0 aliphatic carbocycles. The van der Waals surface area contributed by atoms with E-state index < -0.39 is 6.61 Å². The van der Waals surface area contributed by atoms with E-state index >= 15 is 0 Å². The van der Waals surface area contributed by atoms with Crippen molar-refractivity contribution in [1.29, 1.82) is 0 Å². The first-order valence-electron chi connectivity index (χ1n) is 7.54. The summed E-state index contributed by atoms with van der Waals surface area (Å²) in [5, 5.41) is 3.16. The molecular formula is C16H22F2N2O2. The predicted octanol–water partition coefficient (Wildman–Crippen LogP) is 2.29. The number of amides is 1. The fraction of sp³-hybridized carbons (Fsp3) is 0.562. The van der Waals surface area contributed by atoms with E-state index in [9.17, 15) is 13.6 Å². The Hall–Kier alpha value is -1.69. The van der Waals surface area contributed by atoms with Crippen molar-refractivity contribution in [2.45, 2.75) is 25.9 Å². The van der Waals surface area contributed by atoms with Crippen LogP contribution in [0.15, 0.2) is 24.3 Å². The lowest BCUT2D eigenvalue weighted by Crippen LogP contribution is -2.43. The van der Waals surface area contributed by atoms with Crippen LogP contribution in [0.1, 0.15) is 18.4 Å². The van der Waals surface area contributed by atoms with Gasteiger partial charge in [-0.15, -0.1) is 0 Å². The van der Waals surface area contributed by atoms with Crippen LogP contribution in [-0.4, -0.2) is 44.1 Å². The van der Waals surface area contributed by atoms with Crippen molar-refractivity contribution in [2.24, 2.45) is 5.92 Å². The van der Waals surface area contributed by atoms with Crippen LogP contribution >= 0.6 is 0 Å². The first kappa shape index (κ1) is 16.7. The van der Waals surface area contributed by atoms with Crippen LogP contribution in [0.2, 0.25) is 0 Å². The van der Waals surface area contributed by atoms with Gasteiger partial charge in [0.1, 0.15) is 5.75 Å². The maximum atomic E-state index is 12.3. The van der Waals surface area contributed by atoms with Gasteiger partial charge >= 0.3 is 6.61 Å². The van der Waals surface area contributed by atoms with E-state index in [1.807, 2.05) is 11.9 Å². The summed E-state index contributed by atoms with van der Waals surface area (Å²) >= 11 is 0. The van der Waals surface area contributed by atoms with Gasteiger partial charge in [0.25, 0.3) is 0 Å². The zero-order valence-corrected chi connectivity index (χ0v) is 12.7. The number of alkyl halides is 2. The Morgan fingerprint density at radius 3 is 2.77 bits per heavy atom. The molecule has 0 radical (unpaired) electrons. The molecule has 1 atom stereocenters. The van der Waals surface area contributed by atoms with Crippen LogP contribution in [0, 0.1) is 5.92 Å². The van der Waals surface area contributed by atoms with E-state index in [1.165, 1.54) is 12.1 Å². The lowest BCUT2D eigenvalue weighted by molar-refractivity contribution is -0.132. The molecule has 1 amide bonds. The minimum atomic E-state index is -2.83. The van der Waals surface area contributed by atoms with Crippen molar-refractivity contribution in [1.82, 2.24) is 10.2 Å². The number of rotatable bonds is 6. The number of halogens is 2. The number of hydrogen-bond acceptors (Lipinski definition) is 3. The molecular weight excluding hydrogens is 290 g/mol. The van der Waals surface area contributed by atoms with Gasteiger partial charge in [0.05, 0.1) is 6.42 Å². The number of hydrogen-bond donors (Lipinski definition) is 1. The maximum Gasteiger partial charge on any atom is 0.387 e. The summed E-state index contributed by atoms with van der Waals surface area (Å²) < 4.78 is 28.5. The van der Waals surface area contributed by atoms with Gasteiger partial charge in [0.15, 0.2) is 0 Å². The minimum Gasteiger partial charge on any atom is -0.435 e. The van der Waals surface area contributed by atoms with Crippen molar-refractivity contribution in [3.63, 3.8) is 0 Å². The predicted molar refractivity (Wildman–Crippen MR) is 80.0 cm³/mol. The van der Waals surface area contributed by atoms with E-state index in [0.29, 0.717) is 12.3 Å². The molecule has 0 spiro atoms. The molecule has 1 aromatic rings. The first-order valence-corrected chi connectivity index (χ1v) is 7.54. The Morgan fingerprint density at radius 2 is 2.14 bits per heavy atom. The highest BCUT2D eigenvalue weighted by Crippen LogP contribution is 2.18. The number of likely N-dealkylation sites (tertiary alicyclic amines) is 1. The number of carbonyl (C=O) groups excluding carboxylic acids is 1. The minimum absolute atomic E-state index is 0.0864. The Kier molecular flexibility index (Phi) is 6.12. The van der Waals surface area contributed by atoms with Gasteiger partial charge in [0, 0.05) is 13.1 Å². The van der Waals surface area contributed by atoms with Crippen LogP contribution < -0.4 is 10.1 Å². The number of carbonyl (C=O) groups is 1. The van der Waals surface area contributed by atoms with Gasteiger partial charge in [-0.25, -0.2) is 0 Å². The molecule has 0 saturated carbocycles. The summed E-state index contributed by atoms with van der Waals surface area (Å²) in [6.07, 6.45) is 2.46. The molecule has 2 rings (SSSR count). The van der Waals surface area contributed by atoms with Crippen molar-refractivity contribution < 1.29 is 18.3 Å². The first-order chi connectivity index (χ1) is 10.6. The summed E-state index contributed by atoms with van der Waals surface area (Å²) in [4.78, 5) is 14.2. The normalized spacial score (nSPS) is 18.5. The summed E-state index contributed by atoms with van der Waals surface area (Å²) in [7, 11) is 1.92. The molecule has 0 bridgehead atoms. The van der Waals surface area contributed by atoms with Gasteiger partial charge < -0.3 is 15.0 Å². The zero-order chi connectivity index (χ0) is 15.9. The van der Waals surface area contributed by atoms with E-state index in [0.717, 1.165) is 38.0 Å². The zero-order valence-electron chi connectivity index (χ0n) is 12.7. The quantitative estimate of drug-likeness (QED) is 0.876. The fourth-order valence-corrected chi connectivity index (χ4v) is 2.82. The highest BCUT2D eigenvalue weighted by atomic mass is 19.3. The highest BCUT2D eigenvalue weighted by Gasteiger charge is 2.23. The van der Waals surface area contributed by atoms with Crippen LogP contribution in [0.4, 0.5) is 8.78 Å². The molecule has 1 heterocycles. The third-order valence-electron chi connectivity index (χ3n) is 3.87. The second-order valence-corrected chi connectivity index (χ2v) is 5.60. The monoisotopic (exact) mass is 312 g/mol. The number of benzene rings is 1. The van der Waals surface area contributed by atoms with Crippen molar-refractivity contribution in [3.05, 3.63) is 29.8 Å². The van der Waals surface area contributed by atoms with E-state index in [4.69, 9.17) is 0 Å². The average Bonchev–Trinajstić information content (AvgIpc) is 2.49. The van der Waals surface area contributed by atoms with E-state index in [-0.39, 0.29) is 11.7 Å². The molecule has 1 aromatic carbocycles. The van der Waals surface area contributed by atoms with E-state index in [2.05, 4.69) is 10.1 Å². The summed E-state index contributed by atoms with van der Waals surface area (Å²) in [6.45, 7) is -0.327. The molecule has 0 aromatic heterocycles.